The maximum atomic E-state index is 5.46. The number of halogens is 1. The molecule has 0 aliphatic carbocycles. The predicted octanol–water partition coefficient (Wildman–Crippen LogP) is 3.07. The Kier molecular flexibility index (Phi) is 4.62. The van der Waals surface area contributed by atoms with E-state index in [2.05, 4.69) is 32.7 Å². The number of aromatic nitrogens is 1. The predicted molar refractivity (Wildman–Crippen MR) is 77.5 cm³/mol. The summed E-state index contributed by atoms with van der Waals surface area (Å²) >= 11 is 3.71. The number of methoxy groups -OCH3 is 1. The van der Waals surface area contributed by atoms with E-state index in [1.807, 2.05) is 13.1 Å². The Morgan fingerprint density at radius 3 is 2.94 bits per heavy atom. The molecule has 1 aromatic heterocycles. The highest BCUT2D eigenvalue weighted by Gasteiger charge is 2.19. The van der Waals surface area contributed by atoms with E-state index in [4.69, 9.17) is 4.74 Å². The minimum Gasteiger partial charge on any atom is -0.496 e. The molecule has 0 saturated carbocycles. The lowest BCUT2D eigenvalue weighted by atomic mass is 10.1. The summed E-state index contributed by atoms with van der Waals surface area (Å²) in [6.45, 7) is 7.34. The fraction of sp³-hybridized carbons (Fsp3) is 0.643. The van der Waals surface area contributed by atoms with E-state index >= 15 is 0 Å². The second-order valence-electron chi connectivity index (χ2n) is 5.02. The van der Waals surface area contributed by atoms with E-state index < -0.39 is 0 Å². The van der Waals surface area contributed by atoms with Gasteiger partial charge in [0, 0.05) is 35.2 Å². The van der Waals surface area contributed by atoms with Crippen molar-refractivity contribution in [1.82, 2.24) is 9.88 Å². The van der Waals surface area contributed by atoms with Crippen molar-refractivity contribution >= 4 is 15.9 Å². The molecule has 1 aliphatic rings. The van der Waals surface area contributed by atoms with Crippen LogP contribution in [0.1, 0.15) is 29.7 Å². The Bertz CT molecular complexity index is 423. The number of hydrogen-bond acceptors (Lipinski definition) is 3. The zero-order valence-corrected chi connectivity index (χ0v) is 13.0. The molecule has 2 rings (SSSR count). The zero-order valence-electron chi connectivity index (χ0n) is 11.4. The third kappa shape index (κ3) is 3.04. The summed E-state index contributed by atoms with van der Waals surface area (Å²) < 4.78 is 5.46. The van der Waals surface area contributed by atoms with Gasteiger partial charge in [-0.05, 0) is 33.2 Å². The Labute approximate surface area is 118 Å². The van der Waals surface area contributed by atoms with Crippen molar-refractivity contribution in [3.05, 3.63) is 23.0 Å². The third-order valence-electron chi connectivity index (χ3n) is 3.57. The first-order valence-corrected chi connectivity index (χ1v) is 7.39. The number of pyridine rings is 1. The Hall–Kier alpha value is -0.610. The fourth-order valence-electron chi connectivity index (χ4n) is 2.59. The number of aryl methyl sites for hydroxylation is 1. The molecule has 0 radical (unpaired) electrons. The molecule has 3 nitrogen and oxygen atoms in total. The molecule has 0 bridgehead atoms. The lowest BCUT2D eigenvalue weighted by Gasteiger charge is -2.30. The van der Waals surface area contributed by atoms with Gasteiger partial charge in [0.05, 0.1) is 12.8 Å². The highest BCUT2D eigenvalue weighted by molar-refractivity contribution is 9.09. The van der Waals surface area contributed by atoms with Crippen LogP contribution < -0.4 is 4.74 Å². The number of ether oxygens (including phenoxy) is 1. The average molecular weight is 313 g/mol. The number of piperidine rings is 1. The van der Waals surface area contributed by atoms with Gasteiger partial charge in [0.15, 0.2) is 0 Å². The molecule has 1 unspecified atom stereocenters. The SMILES string of the molecule is COc1c(C)cnc(CN2CCCC(Br)C2)c1C. The largest absolute Gasteiger partial charge is 0.496 e. The molecule has 1 aliphatic heterocycles. The molecular formula is C14H21BrN2O. The molecule has 0 amide bonds. The van der Waals surface area contributed by atoms with Gasteiger partial charge in [-0.1, -0.05) is 15.9 Å². The minimum absolute atomic E-state index is 0.624. The third-order valence-corrected chi connectivity index (χ3v) is 4.32. The fourth-order valence-corrected chi connectivity index (χ4v) is 3.32. The average Bonchev–Trinajstić information content (AvgIpc) is 2.34. The summed E-state index contributed by atoms with van der Waals surface area (Å²) in [6, 6.07) is 0. The van der Waals surface area contributed by atoms with Crippen molar-refractivity contribution in [2.45, 2.75) is 38.1 Å². The van der Waals surface area contributed by atoms with Gasteiger partial charge < -0.3 is 4.74 Å². The molecule has 0 aromatic carbocycles. The minimum atomic E-state index is 0.624. The molecule has 0 spiro atoms. The molecule has 0 N–H and O–H groups in total. The molecule has 1 aromatic rings. The summed E-state index contributed by atoms with van der Waals surface area (Å²) in [5.41, 5.74) is 3.42. The number of likely N-dealkylation sites (tertiary alicyclic amines) is 1. The molecule has 1 atom stereocenters. The van der Waals surface area contributed by atoms with Gasteiger partial charge in [-0.25, -0.2) is 0 Å². The van der Waals surface area contributed by atoms with Crippen molar-refractivity contribution < 1.29 is 4.74 Å². The molecular weight excluding hydrogens is 292 g/mol. The van der Waals surface area contributed by atoms with Crippen molar-refractivity contribution in [1.29, 1.82) is 0 Å². The first kappa shape index (κ1) is 13.8. The Balaban J connectivity index is 2.14. The van der Waals surface area contributed by atoms with E-state index in [-0.39, 0.29) is 0 Å². The molecule has 4 heteroatoms. The van der Waals surface area contributed by atoms with Gasteiger partial charge in [-0.3, -0.25) is 9.88 Å². The van der Waals surface area contributed by atoms with Gasteiger partial charge in [-0.15, -0.1) is 0 Å². The van der Waals surface area contributed by atoms with Crippen LogP contribution in [0.4, 0.5) is 0 Å². The summed E-state index contributed by atoms with van der Waals surface area (Å²) in [4.78, 5) is 7.66. The van der Waals surface area contributed by atoms with Gasteiger partial charge in [-0.2, -0.15) is 0 Å². The molecule has 1 fully saturated rings. The van der Waals surface area contributed by atoms with Crippen molar-refractivity contribution in [2.24, 2.45) is 0 Å². The first-order valence-electron chi connectivity index (χ1n) is 6.47. The number of alkyl halides is 1. The van der Waals surface area contributed by atoms with E-state index in [0.717, 1.165) is 30.1 Å². The van der Waals surface area contributed by atoms with Gasteiger partial charge in [0.25, 0.3) is 0 Å². The van der Waals surface area contributed by atoms with E-state index in [1.54, 1.807) is 7.11 Å². The lowest BCUT2D eigenvalue weighted by Crippen LogP contribution is -2.35. The van der Waals surface area contributed by atoms with Crippen LogP contribution in [-0.4, -0.2) is 34.9 Å². The Morgan fingerprint density at radius 1 is 1.50 bits per heavy atom. The van der Waals surface area contributed by atoms with Crippen LogP contribution in [0.25, 0.3) is 0 Å². The van der Waals surface area contributed by atoms with Crippen molar-refractivity contribution in [3.8, 4) is 5.75 Å². The van der Waals surface area contributed by atoms with Gasteiger partial charge in [0.2, 0.25) is 0 Å². The van der Waals surface area contributed by atoms with Crippen LogP contribution in [0.15, 0.2) is 6.20 Å². The monoisotopic (exact) mass is 312 g/mol. The van der Waals surface area contributed by atoms with Crippen LogP contribution in [0.2, 0.25) is 0 Å². The molecule has 2 heterocycles. The van der Waals surface area contributed by atoms with Gasteiger partial charge in [0.1, 0.15) is 5.75 Å². The van der Waals surface area contributed by atoms with Crippen molar-refractivity contribution in [2.75, 3.05) is 20.2 Å². The summed E-state index contributed by atoms with van der Waals surface area (Å²) in [5, 5.41) is 0. The summed E-state index contributed by atoms with van der Waals surface area (Å²) in [6.07, 6.45) is 4.45. The Morgan fingerprint density at radius 2 is 2.28 bits per heavy atom. The molecule has 1 saturated heterocycles. The zero-order chi connectivity index (χ0) is 13.1. The summed E-state index contributed by atoms with van der Waals surface area (Å²) in [5.74, 6) is 0.979. The molecule has 100 valence electrons. The van der Waals surface area contributed by atoms with E-state index in [1.165, 1.54) is 24.9 Å². The number of nitrogens with zero attached hydrogens (tertiary/aromatic N) is 2. The topological polar surface area (TPSA) is 25.4 Å². The second kappa shape index (κ2) is 6.02. The normalized spacial score (nSPS) is 21.0. The second-order valence-corrected chi connectivity index (χ2v) is 6.32. The van der Waals surface area contributed by atoms with E-state index in [9.17, 15) is 0 Å². The van der Waals surface area contributed by atoms with Gasteiger partial charge >= 0.3 is 0 Å². The van der Waals surface area contributed by atoms with Crippen LogP contribution >= 0.6 is 15.9 Å². The van der Waals surface area contributed by atoms with Crippen LogP contribution in [-0.2, 0) is 6.54 Å². The number of hydrogen-bond donors (Lipinski definition) is 0. The van der Waals surface area contributed by atoms with Crippen LogP contribution in [0.5, 0.6) is 5.75 Å². The van der Waals surface area contributed by atoms with Crippen LogP contribution in [0, 0.1) is 13.8 Å². The highest BCUT2D eigenvalue weighted by Crippen LogP contribution is 2.26. The first-order chi connectivity index (χ1) is 8.61. The highest BCUT2D eigenvalue weighted by atomic mass is 79.9. The van der Waals surface area contributed by atoms with Crippen molar-refractivity contribution in [3.63, 3.8) is 0 Å². The maximum absolute atomic E-state index is 5.46. The summed E-state index contributed by atoms with van der Waals surface area (Å²) in [7, 11) is 1.73. The van der Waals surface area contributed by atoms with Crippen LogP contribution in [0.3, 0.4) is 0 Å². The quantitative estimate of drug-likeness (QED) is 0.802. The standard InChI is InChI=1S/C14H21BrN2O/c1-10-7-16-13(11(2)14(10)18-3)9-17-6-4-5-12(15)8-17/h7,12H,4-6,8-9H2,1-3H3. The smallest absolute Gasteiger partial charge is 0.128 e. The maximum Gasteiger partial charge on any atom is 0.128 e. The lowest BCUT2D eigenvalue weighted by molar-refractivity contribution is 0.224. The molecule has 18 heavy (non-hydrogen) atoms. The number of rotatable bonds is 3. The van der Waals surface area contributed by atoms with E-state index in [0.29, 0.717) is 4.83 Å².